The second kappa shape index (κ2) is 5.71. The zero-order valence-electron chi connectivity index (χ0n) is 13.1. The third-order valence-electron chi connectivity index (χ3n) is 4.08. The number of nitrogens with zero attached hydrogens (tertiary/aromatic N) is 2. The lowest BCUT2D eigenvalue weighted by atomic mass is 9.87. The third-order valence-corrected chi connectivity index (χ3v) is 4.08. The van der Waals surface area contributed by atoms with Crippen LogP contribution in [0.4, 0.5) is 9.59 Å². The lowest BCUT2D eigenvalue weighted by molar-refractivity contribution is 0.00876. The molecule has 2 rings (SSSR count). The van der Waals surface area contributed by atoms with Gasteiger partial charge in [-0.15, -0.1) is 0 Å². The van der Waals surface area contributed by atoms with Gasteiger partial charge in [0.1, 0.15) is 5.60 Å². The Bertz CT molecular complexity index is 411. The summed E-state index contributed by atoms with van der Waals surface area (Å²) in [5, 5.41) is 2.89. The summed E-state index contributed by atoms with van der Waals surface area (Å²) in [5.74, 6) is 0. The van der Waals surface area contributed by atoms with E-state index in [9.17, 15) is 9.59 Å². The predicted molar refractivity (Wildman–Crippen MR) is 78.9 cm³/mol. The molecule has 0 aromatic carbocycles. The first kappa shape index (κ1) is 15.9. The highest BCUT2D eigenvalue weighted by Crippen LogP contribution is 2.32. The van der Waals surface area contributed by atoms with Crippen LogP contribution in [0.1, 0.15) is 33.6 Å². The van der Waals surface area contributed by atoms with Gasteiger partial charge in [0.2, 0.25) is 0 Å². The number of carbonyl (C=O) groups is 2. The molecular formula is C14H26N4O3. The summed E-state index contributed by atoms with van der Waals surface area (Å²) in [6.07, 6.45) is 1.23. The zero-order chi connectivity index (χ0) is 15.7. The van der Waals surface area contributed by atoms with Crippen LogP contribution in [0.2, 0.25) is 0 Å². The SMILES string of the molecule is CC(C)(C)OC(=O)N1CCC2(CC1)CNC(=O)N2CCN. The van der Waals surface area contributed by atoms with Crippen molar-refractivity contribution in [1.82, 2.24) is 15.1 Å². The molecule has 7 nitrogen and oxygen atoms in total. The van der Waals surface area contributed by atoms with E-state index in [0.717, 1.165) is 12.8 Å². The van der Waals surface area contributed by atoms with Crippen molar-refractivity contribution in [2.24, 2.45) is 5.73 Å². The molecule has 7 heteroatoms. The number of piperidine rings is 1. The van der Waals surface area contributed by atoms with Crippen molar-refractivity contribution in [2.45, 2.75) is 44.8 Å². The number of hydrogen-bond acceptors (Lipinski definition) is 4. The van der Waals surface area contributed by atoms with Gasteiger partial charge in [0.05, 0.1) is 5.54 Å². The number of likely N-dealkylation sites (tertiary alicyclic amines) is 1. The van der Waals surface area contributed by atoms with Crippen LogP contribution in [0.3, 0.4) is 0 Å². The number of nitrogens with one attached hydrogen (secondary N) is 1. The number of ether oxygens (including phenoxy) is 1. The van der Waals surface area contributed by atoms with Crippen LogP contribution in [-0.4, -0.2) is 65.8 Å². The average molecular weight is 298 g/mol. The van der Waals surface area contributed by atoms with Crippen molar-refractivity contribution in [1.29, 1.82) is 0 Å². The number of amides is 3. The Labute approximate surface area is 125 Å². The smallest absolute Gasteiger partial charge is 0.410 e. The number of rotatable bonds is 2. The van der Waals surface area contributed by atoms with Crippen molar-refractivity contribution in [2.75, 3.05) is 32.7 Å². The fraction of sp³-hybridized carbons (Fsp3) is 0.857. The minimum Gasteiger partial charge on any atom is -0.444 e. The number of hydrogen-bond donors (Lipinski definition) is 2. The van der Waals surface area contributed by atoms with Gasteiger partial charge in [-0.2, -0.15) is 0 Å². The van der Waals surface area contributed by atoms with E-state index in [2.05, 4.69) is 5.32 Å². The Morgan fingerprint density at radius 3 is 2.52 bits per heavy atom. The van der Waals surface area contributed by atoms with E-state index in [1.54, 1.807) is 4.90 Å². The zero-order valence-corrected chi connectivity index (χ0v) is 13.1. The summed E-state index contributed by atoms with van der Waals surface area (Å²) in [5.41, 5.74) is 4.92. The lowest BCUT2D eigenvalue weighted by Gasteiger charge is -2.43. The summed E-state index contributed by atoms with van der Waals surface area (Å²) in [6.45, 7) is 8.42. The van der Waals surface area contributed by atoms with E-state index >= 15 is 0 Å². The first-order valence-electron chi connectivity index (χ1n) is 7.51. The molecule has 3 N–H and O–H groups in total. The molecule has 0 aromatic rings. The molecule has 2 heterocycles. The maximum atomic E-state index is 12.1. The monoisotopic (exact) mass is 298 g/mol. The first-order valence-corrected chi connectivity index (χ1v) is 7.51. The highest BCUT2D eigenvalue weighted by molar-refractivity contribution is 5.78. The second-order valence-electron chi connectivity index (χ2n) is 6.79. The molecule has 1 spiro atoms. The van der Waals surface area contributed by atoms with Crippen LogP contribution < -0.4 is 11.1 Å². The van der Waals surface area contributed by atoms with Crippen LogP contribution in [0.25, 0.3) is 0 Å². The molecule has 0 saturated carbocycles. The van der Waals surface area contributed by atoms with Crippen molar-refractivity contribution in [3.8, 4) is 0 Å². The van der Waals surface area contributed by atoms with E-state index in [1.807, 2.05) is 25.7 Å². The molecule has 0 aromatic heterocycles. The largest absolute Gasteiger partial charge is 0.444 e. The number of urea groups is 1. The van der Waals surface area contributed by atoms with Gasteiger partial charge in [0, 0.05) is 32.7 Å². The molecule has 2 aliphatic rings. The summed E-state index contributed by atoms with van der Waals surface area (Å²) in [7, 11) is 0. The van der Waals surface area contributed by atoms with E-state index in [4.69, 9.17) is 10.5 Å². The Morgan fingerprint density at radius 1 is 1.38 bits per heavy atom. The van der Waals surface area contributed by atoms with Gasteiger partial charge in [-0.1, -0.05) is 0 Å². The first-order chi connectivity index (χ1) is 9.77. The Hall–Kier alpha value is -1.50. The van der Waals surface area contributed by atoms with Gasteiger partial charge in [-0.3, -0.25) is 0 Å². The van der Waals surface area contributed by atoms with Crippen LogP contribution in [0.15, 0.2) is 0 Å². The van der Waals surface area contributed by atoms with Gasteiger partial charge in [-0.25, -0.2) is 9.59 Å². The fourth-order valence-electron chi connectivity index (χ4n) is 2.99. The molecule has 0 radical (unpaired) electrons. The summed E-state index contributed by atoms with van der Waals surface area (Å²) in [6, 6.07) is -0.0498. The van der Waals surface area contributed by atoms with Gasteiger partial charge in [0.15, 0.2) is 0 Å². The van der Waals surface area contributed by atoms with Crippen LogP contribution >= 0.6 is 0 Å². The highest BCUT2D eigenvalue weighted by Gasteiger charge is 2.47. The van der Waals surface area contributed by atoms with Crippen LogP contribution in [-0.2, 0) is 4.74 Å². The predicted octanol–water partition coefficient (Wildman–Crippen LogP) is 0.740. The molecule has 2 saturated heterocycles. The Balaban J connectivity index is 1.96. The maximum absolute atomic E-state index is 12.1. The normalized spacial score (nSPS) is 21.6. The molecule has 2 fully saturated rings. The van der Waals surface area contributed by atoms with Crippen molar-refractivity contribution in [3.63, 3.8) is 0 Å². The van der Waals surface area contributed by atoms with Crippen LogP contribution in [0, 0.1) is 0 Å². The van der Waals surface area contributed by atoms with Gasteiger partial charge in [0.25, 0.3) is 0 Å². The van der Waals surface area contributed by atoms with Crippen molar-refractivity contribution >= 4 is 12.1 Å². The second-order valence-corrected chi connectivity index (χ2v) is 6.79. The van der Waals surface area contributed by atoms with Crippen LogP contribution in [0.5, 0.6) is 0 Å². The molecule has 0 atom stereocenters. The Morgan fingerprint density at radius 2 is 2.00 bits per heavy atom. The van der Waals surface area contributed by atoms with Gasteiger partial charge in [-0.05, 0) is 33.6 Å². The number of carbonyl (C=O) groups excluding carboxylic acids is 2. The standard InChI is InChI=1S/C14H26N4O3/c1-13(2,3)21-12(20)17-7-4-14(5-8-17)10-16-11(19)18(14)9-6-15/h4-10,15H2,1-3H3,(H,16,19). The van der Waals surface area contributed by atoms with Gasteiger partial charge < -0.3 is 25.6 Å². The topological polar surface area (TPSA) is 87.9 Å². The molecular weight excluding hydrogens is 272 g/mol. The molecule has 0 aliphatic carbocycles. The molecule has 2 aliphatic heterocycles. The van der Waals surface area contributed by atoms with Crippen molar-refractivity contribution in [3.05, 3.63) is 0 Å². The third kappa shape index (κ3) is 3.40. The fourth-order valence-corrected chi connectivity index (χ4v) is 2.99. The van der Waals surface area contributed by atoms with E-state index in [1.165, 1.54) is 0 Å². The molecule has 0 unspecified atom stereocenters. The minimum absolute atomic E-state index is 0.0498. The summed E-state index contributed by atoms with van der Waals surface area (Å²) >= 11 is 0. The lowest BCUT2D eigenvalue weighted by Crippen LogP contribution is -2.56. The van der Waals surface area contributed by atoms with E-state index in [-0.39, 0.29) is 17.7 Å². The maximum Gasteiger partial charge on any atom is 0.410 e. The highest BCUT2D eigenvalue weighted by atomic mass is 16.6. The average Bonchev–Trinajstić information content (AvgIpc) is 2.68. The van der Waals surface area contributed by atoms with E-state index < -0.39 is 5.60 Å². The Kier molecular flexibility index (Phi) is 4.32. The quantitative estimate of drug-likeness (QED) is 0.787. The van der Waals surface area contributed by atoms with Gasteiger partial charge >= 0.3 is 12.1 Å². The van der Waals surface area contributed by atoms with E-state index in [0.29, 0.717) is 32.7 Å². The minimum atomic E-state index is -0.483. The molecule has 3 amide bonds. The molecule has 120 valence electrons. The molecule has 21 heavy (non-hydrogen) atoms. The van der Waals surface area contributed by atoms with Crippen molar-refractivity contribution < 1.29 is 14.3 Å². The summed E-state index contributed by atoms with van der Waals surface area (Å²) in [4.78, 5) is 27.5. The molecule has 0 bridgehead atoms. The summed E-state index contributed by atoms with van der Waals surface area (Å²) < 4.78 is 5.39. The number of nitrogens with two attached hydrogens (primary N) is 1.